The van der Waals surface area contributed by atoms with E-state index < -0.39 is 0 Å². The van der Waals surface area contributed by atoms with Gasteiger partial charge in [0.15, 0.2) is 5.69 Å². The van der Waals surface area contributed by atoms with Crippen molar-refractivity contribution in [3.8, 4) is 5.69 Å². The Morgan fingerprint density at radius 3 is 2.64 bits per heavy atom. The average molecular weight is 521 g/mol. The van der Waals surface area contributed by atoms with E-state index in [4.69, 9.17) is 28.3 Å². The van der Waals surface area contributed by atoms with Crippen molar-refractivity contribution in [1.29, 1.82) is 0 Å². The van der Waals surface area contributed by atoms with Crippen molar-refractivity contribution in [3.05, 3.63) is 111 Å². The highest BCUT2D eigenvalue weighted by Gasteiger charge is 2.29. The Bertz CT molecular complexity index is 1450. The van der Waals surface area contributed by atoms with Gasteiger partial charge in [-0.3, -0.25) is 9.78 Å². The number of amides is 1. The summed E-state index contributed by atoms with van der Waals surface area (Å²) in [4.78, 5) is 17.8. The summed E-state index contributed by atoms with van der Waals surface area (Å²) in [5, 5.41) is 8.72. The number of nitrogens with zero attached hydrogens (tertiary/aromatic N) is 3. The second-order valence-electron chi connectivity index (χ2n) is 8.71. The number of halogens is 3. The van der Waals surface area contributed by atoms with Crippen molar-refractivity contribution in [3.63, 3.8) is 0 Å². The molecule has 0 aliphatic heterocycles. The van der Waals surface area contributed by atoms with Gasteiger partial charge in [-0.15, -0.1) is 0 Å². The normalized spacial score (nSPS) is 14.9. The Morgan fingerprint density at radius 1 is 1.11 bits per heavy atom. The van der Waals surface area contributed by atoms with Gasteiger partial charge < -0.3 is 5.32 Å². The van der Waals surface area contributed by atoms with Gasteiger partial charge in [-0.05, 0) is 85.9 Å². The highest BCUT2D eigenvalue weighted by molar-refractivity contribution is 6.35. The molecule has 0 bridgehead atoms. The van der Waals surface area contributed by atoms with E-state index in [0.29, 0.717) is 27.8 Å². The molecule has 0 radical (unpaired) electrons. The number of fused-ring (bicyclic) bond motifs is 1. The maximum absolute atomic E-state index is 13.5. The number of benzene rings is 2. The van der Waals surface area contributed by atoms with Crippen molar-refractivity contribution in [1.82, 2.24) is 20.1 Å². The minimum atomic E-state index is -0.295. The van der Waals surface area contributed by atoms with Gasteiger partial charge in [-0.25, -0.2) is 9.07 Å². The highest BCUT2D eigenvalue weighted by Crippen LogP contribution is 2.37. The maximum atomic E-state index is 13.5. The van der Waals surface area contributed by atoms with E-state index in [-0.39, 0.29) is 17.8 Å². The smallest absolute Gasteiger partial charge is 0.272 e. The molecule has 2 heterocycles. The number of rotatable bonds is 5. The SMILES string of the molecule is C[C@@H](NC(=O)c1nn(-c2ccc(Cl)cc2Cl)c2c1CCC/C2=C\c1ccc(F)cc1)c1ccccn1. The lowest BCUT2D eigenvalue weighted by Crippen LogP contribution is -2.28. The summed E-state index contributed by atoms with van der Waals surface area (Å²) in [5.41, 5.74) is 5.28. The second-order valence-corrected chi connectivity index (χ2v) is 9.55. The van der Waals surface area contributed by atoms with Crippen LogP contribution < -0.4 is 5.32 Å². The Hall–Kier alpha value is -3.48. The van der Waals surface area contributed by atoms with Gasteiger partial charge in [-0.2, -0.15) is 5.10 Å². The van der Waals surface area contributed by atoms with Crippen LogP contribution in [-0.2, 0) is 6.42 Å². The van der Waals surface area contributed by atoms with E-state index in [1.165, 1.54) is 12.1 Å². The molecule has 1 amide bonds. The van der Waals surface area contributed by atoms with E-state index in [9.17, 15) is 9.18 Å². The third-order valence-electron chi connectivity index (χ3n) is 6.20. The van der Waals surface area contributed by atoms with Gasteiger partial charge in [-0.1, -0.05) is 41.4 Å². The van der Waals surface area contributed by atoms with Crippen LogP contribution in [0.25, 0.3) is 17.3 Å². The first-order valence-corrected chi connectivity index (χ1v) is 12.4. The van der Waals surface area contributed by atoms with Crippen LogP contribution in [0.3, 0.4) is 0 Å². The molecule has 0 saturated heterocycles. The quantitative estimate of drug-likeness (QED) is 0.305. The van der Waals surface area contributed by atoms with Gasteiger partial charge in [0.1, 0.15) is 5.82 Å². The van der Waals surface area contributed by atoms with Crippen molar-refractivity contribution >= 4 is 40.8 Å². The number of carbonyl (C=O) groups is 1. The summed E-state index contributed by atoms with van der Waals surface area (Å²) in [6, 6.07) is 16.8. The Balaban J connectivity index is 1.61. The summed E-state index contributed by atoms with van der Waals surface area (Å²) in [6.45, 7) is 1.89. The predicted molar refractivity (Wildman–Crippen MR) is 141 cm³/mol. The zero-order chi connectivity index (χ0) is 25.2. The summed E-state index contributed by atoms with van der Waals surface area (Å²) < 4.78 is 15.2. The first-order chi connectivity index (χ1) is 17.4. The van der Waals surface area contributed by atoms with Crippen molar-refractivity contribution in [2.24, 2.45) is 0 Å². The number of hydrogen-bond acceptors (Lipinski definition) is 3. The zero-order valence-corrected chi connectivity index (χ0v) is 21.0. The molecule has 1 aliphatic carbocycles. The summed E-state index contributed by atoms with van der Waals surface area (Å²) >= 11 is 12.7. The van der Waals surface area contributed by atoms with E-state index in [2.05, 4.69) is 10.3 Å². The molecule has 8 heteroatoms. The predicted octanol–water partition coefficient (Wildman–Crippen LogP) is 7.08. The first-order valence-electron chi connectivity index (χ1n) is 11.7. The Labute approximate surface area is 218 Å². The van der Waals surface area contributed by atoms with Crippen LogP contribution >= 0.6 is 23.2 Å². The van der Waals surface area contributed by atoms with Crippen molar-refractivity contribution < 1.29 is 9.18 Å². The van der Waals surface area contributed by atoms with Crippen LogP contribution in [-0.4, -0.2) is 20.7 Å². The largest absolute Gasteiger partial charge is 0.343 e. The fourth-order valence-electron chi connectivity index (χ4n) is 4.47. The van der Waals surface area contributed by atoms with E-state index in [1.54, 1.807) is 41.2 Å². The monoisotopic (exact) mass is 520 g/mol. The van der Waals surface area contributed by atoms with Gasteiger partial charge in [0.05, 0.1) is 28.1 Å². The van der Waals surface area contributed by atoms with E-state index >= 15 is 0 Å². The molecular formula is C28H23Cl2FN4O. The molecule has 0 spiro atoms. The minimum Gasteiger partial charge on any atom is -0.343 e. The van der Waals surface area contributed by atoms with Crippen molar-refractivity contribution in [2.45, 2.75) is 32.2 Å². The van der Waals surface area contributed by atoms with Gasteiger partial charge >= 0.3 is 0 Å². The number of hydrogen-bond donors (Lipinski definition) is 1. The molecule has 36 heavy (non-hydrogen) atoms. The molecule has 5 rings (SSSR count). The van der Waals surface area contributed by atoms with Crippen LogP contribution in [0.1, 0.15) is 58.8 Å². The Kier molecular flexibility index (Phi) is 6.90. The molecule has 2 aromatic heterocycles. The third kappa shape index (κ3) is 4.92. The lowest BCUT2D eigenvalue weighted by atomic mass is 9.89. The maximum Gasteiger partial charge on any atom is 0.272 e. The molecule has 0 unspecified atom stereocenters. The molecular weight excluding hydrogens is 498 g/mol. The van der Waals surface area contributed by atoms with Crippen molar-refractivity contribution in [2.75, 3.05) is 0 Å². The molecule has 4 aromatic rings. The summed E-state index contributed by atoms with van der Waals surface area (Å²) in [6.07, 6.45) is 6.05. The number of allylic oxidation sites excluding steroid dienone is 1. The molecule has 1 aliphatic rings. The minimum absolute atomic E-state index is 0.281. The second kappa shape index (κ2) is 10.2. The number of pyridine rings is 1. The lowest BCUT2D eigenvalue weighted by molar-refractivity contribution is 0.0932. The van der Waals surface area contributed by atoms with Gasteiger partial charge in [0, 0.05) is 16.8 Å². The molecule has 0 saturated carbocycles. The molecule has 1 N–H and O–H groups in total. The zero-order valence-electron chi connectivity index (χ0n) is 19.5. The summed E-state index contributed by atoms with van der Waals surface area (Å²) in [7, 11) is 0. The topological polar surface area (TPSA) is 59.8 Å². The van der Waals surface area contributed by atoms with Gasteiger partial charge in [0.25, 0.3) is 5.91 Å². The molecule has 1 atom stereocenters. The van der Waals surface area contributed by atoms with Crippen LogP contribution in [0.5, 0.6) is 0 Å². The molecule has 0 fully saturated rings. The fraction of sp³-hybridized carbons (Fsp3) is 0.179. The standard InChI is InChI=1S/C28H23Cl2FN4O/c1-17(24-7-2-3-14-32-24)33-28(36)26-22-6-4-5-19(15-18-8-11-21(31)12-9-18)27(22)35(34-26)25-13-10-20(29)16-23(25)30/h2-3,7-17H,4-6H2,1H3,(H,33,36)/b19-15+/t17-/m1/s1. The summed E-state index contributed by atoms with van der Waals surface area (Å²) in [5.74, 6) is -0.572. The van der Waals surface area contributed by atoms with Crippen LogP contribution in [0.15, 0.2) is 66.9 Å². The highest BCUT2D eigenvalue weighted by atomic mass is 35.5. The molecule has 5 nitrogen and oxygen atoms in total. The van der Waals surface area contributed by atoms with Crippen LogP contribution in [0.4, 0.5) is 4.39 Å². The number of carbonyl (C=O) groups excluding carboxylic acids is 1. The first kappa shape index (κ1) is 24.2. The van der Waals surface area contributed by atoms with Crippen LogP contribution in [0.2, 0.25) is 10.0 Å². The van der Waals surface area contributed by atoms with Crippen LogP contribution in [0, 0.1) is 5.82 Å². The van der Waals surface area contributed by atoms with E-state index in [0.717, 1.165) is 40.9 Å². The number of nitrogens with one attached hydrogen (secondary N) is 1. The molecule has 2 aromatic carbocycles. The van der Waals surface area contributed by atoms with E-state index in [1.807, 2.05) is 31.2 Å². The lowest BCUT2D eigenvalue weighted by Gasteiger charge is -2.19. The fourth-order valence-corrected chi connectivity index (χ4v) is 4.96. The Morgan fingerprint density at radius 2 is 1.92 bits per heavy atom. The average Bonchev–Trinajstić information content (AvgIpc) is 3.26. The third-order valence-corrected chi connectivity index (χ3v) is 6.74. The number of aromatic nitrogens is 3. The molecule has 182 valence electrons. The van der Waals surface area contributed by atoms with Gasteiger partial charge in [0.2, 0.25) is 0 Å².